The van der Waals surface area contributed by atoms with Gasteiger partial charge in [-0.1, -0.05) is 24.8 Å². The second kappa shape index (κ2) is 4.70. The number of aromatic amines is 1. The van der Waals surface area contributed by atoms with Gasteiger partial charge in [-0.15, -0.1) is 0 Å². The SMILES string of the molecule is CCc1ccc2nc(SCC(C)(C)N)[nH]c2c1. The summed E-state index contributed by atoms with van der Waals surface area (Å²) in [6, 6.07) is 6.37. The summed E-state index contributed by atoms with van der Waals surface area (Å²) < 4.78 is 0. The van der Waals surface area contributed by atoms with Crippen LogP contribution in [0.3, 0.4) is 0 Å². The number of nitrogens with one attached hydrogen (secondary N) is 1. The molecular weight excluding hydrogens is 230 g/mol. The number of nitrogens with two attached hydrogens (primary N) is 1. The molecule has 1 aromatic heterocycles. The highest BCUT2D eigenvalue weighted by Gasteiger charge is 2.12. The minimum absolute atomic E-state index is 0.168. The zero-order chi connectivity index (χ0) is 12.5. The van der Waals surface area contributed by atoms with Crippen molar-refractivity contribution in [1.29, 1.82) is 0 Å². The Morgan fingerprint density at radius 3 is 2.82 bits per heavy atom. The lowest BCUT2D eigenvalue weighted by molar-refractivity contribution is 0.590. The number of imidazole rings is 1. The largest absolute Gasteiger partial charge is 0.333 e. The number of benzene rings is 1. The minimum Gasteiger partial charge on any atom is -0.333 e. The van der Waals surface area contributed by atoms with E-state index in [0.29, 0.717) is 0 Å². The minimum atomic E-state index is -0.168. The van der Waals surface area contributed by atoms with Crippen LogP contribution < -0.4 is 5.73 Å². The van der Waals surface area contributed by atoms with Crippen molar-refractivity contribution in [3.8, 4) is 0 Å². The number of thioether (sulfide) groups is 1. The second-order valence-electron chi connectivity index (χ2n) is 5.02. The van der Waals surface area contributed by atoms with E-state index in [1.165, 1.54) is 5.56 Å². The van der Waals surface area contributed by atoms with Gasteiger partial charge in [0, 0.05) is 11.3 Å². The first-order valence-corrected chi connectivity index (χ1v) is 6.87. The van der Waals surface area contributed by atoms with Crippen molar-refractivity contribution < 1.29 is 0 Å². The first kappa shape index (κ1) is 12.5. The van der Waals surface area contributed by atoms with Crippen molar-refractivity contribution in [2.45, 2.75) is 37.9 Å². The monoisotopic (exact) mass is 249 g/mol. The number of H-pyrrole nitrogens is 1. The molecule has 0 aliphatic heterocycles. The maximum Gasteiger partial charge on any atom is 0.166 e. The van der Waals surface area contributed by atoms with Gasteiger partial charge in [-0.2, -0.15) is 0 Å². The van der Waals surface area contributed by atoms with Crippen LogP contribution >= 0.6 is 11.8 Å². The first-order valence-electron chi connectivity index (χ1n) is 5.88. The summed E-state index contributed by atoms with van der Waals surface area (Å²) in [5, 5.41) is 0.951. The third-order valence-electron chi connectivity index (χ3n) is 2.51. The average Bonchev–Trinajstić information content (AvgIpc) is 2.66. The van der Waals surface area contributed by atoms with Crippen molar-refractivity contribution in [3.63, 3.8) is 0 Å². The molecule has 3 nitrogen and oxygen atoms in total. The van der Waals surface area contributed by atoms with E-state index in [0.717, 1.165) is 28.4 Å². The average molecular weight is 249 g/mol. The Labute approximate surface area is 106 Å². The molecule has 92 valence electrons. The highest BCUT2D eigenvalue weighted by atomic mass is 32.2. The first-order chi connectivity index (χ1) is 7.98. The second-order valence-corrected chi connectivity index (χ2v) is 5.99. The fraction of sp³-hybridized carbons (Fsp3) is 0.462. The van der Waals surface area contributed by atoms with Crippen LogP contribution in [0, 0.1) is 0 Å². The Kier molecular flexibility index (Phi) is 3.45. The maximum absolute atomic E-state index is 5.96. The Morgan fingerprint density at radius 2 is 2.18 bits per heavy atom. The molecule has 0 bridgehead atoms. The molecule has 0 aliphatic rings. The Morgan fingerprint density at radius 1 is 1.41 bits per heavy atom. The van der Waals surface area contributed by atoms with Gasteiger partial charge in [0.05, 0.1) is 11.0 Å². The summed E-state index contributed by atoms with van der Waals surface area (Å²) in [5.41, 5.74) is 9.26. The van der Waals surface area contributed by atoms with Crippen LogP contribution in [0.25, 0.3) is 11.0 Å². The highest BCUT2D eigenvalue weighted by molar-refractivity contribution is 7.99. The third kappa shape index (κ3) is 3.23. The van der Waals surface area contributed by atoms with Gasteiger partial charge >= 0.3 is 0 Å². The lowest BCUT2D eigenvalue weighted by Crippen LogP contribution is -2.34. The number of rotatable bonds is 4. The number of nitrogens with zero attached hydrogens (tertiary/aromatic N) is 1. The molecule has 0 unspecified atom stereocenters. The number of fused-ring (bicyclic) bond motifs is 1. The van der Waals surface area contributed by atoms with E-state index in [-0.39, 0.29) is 5.54 Å². The Hall–Kier alpha value is -1.00. The molecule has 0 atom stereocenters. The molecule has 0 aliphatic carbocycles. The molecule has 0 radical (unpaired) electrons. The summed E-state index contributed by atoms with van der Waals surface area (Å²) >= 11 is 1.67. The number of aryl methyl sites for hydroxylation is 1. The molecule has 2 rings (SSSR count). The summed E-state index contributed by atoms with van der Waals surface area (Å²) in [6.07, 6.45) is 1.05. The van der Waals surface area contributed by atoms with Crippen LogP contribution in [0.4, 0.5) is 0 Å². The van der Waals surface area contributed by atoms with Crippen molar-refractivity contribution in [3.05, 3.63) is 23.8 Å². The highest BCUT2D eigenvalue weighted by Crippen LogP contribution is 2.22. The van der Waals surface area contributed by atoms with Gasteiger partial charge in [0.1, 0.15) is 0 Å². The molecule has 3 N–H and O–H groups in total. The molecule has 2 aromatic rings. The van der Waals surface area contributed by atoms with Crippen molar-refractivity contribution >= 4 is 22.8 Å². The van der Waals surface area contributed by atoms with Gasteiger partial charge in [0.2, 0.25) is 0 Å². The predicted molar refractivity (Wildman–Crippen MR) is 74.5 cm³/mol. The van der Waals surface area contributed by atoms with Crippen LogP contribution in [-0.4, -0.2) is 21.3 Å². The zero-order valence-electron chi connectivity index (χ0n) is 10.6. The topological polar surface area (TPSA) is 54.7 Å². The number of aromatic nitrogens is 2. The van der Waals surface area contributed by atoms with Gasteiger partial charge in [-0.05, 0) is 38.0 Å². The lowest BCUT2D eigenvalue weighted by atomic mass is 10.1. The maximum atomic E-state index is 5.96. The van der Waals surface area contributed by atoms with Crippen LogP contribution in [0.5, 0.6) is 0 Å². The third-order valence-corrected chi connectivity index (χ3v) is 3.87. The molecule has 17 heavy (non-hydrogen) atoms. The lowest BCUT2D eigenvalue weighted by Gasteiger charge is -2.16. The molecule has 0 fully saturated rings. The van der Waals surface area contributed by atoms with Crippen LogP contribution in [0.1, 0.15) is 26.3 Å². The number of hydrogen-bond donors (Lipinski definition) is 2. The summed E-state index contributed by atoms with van der Waals surface area (Å²) in [6.45, 7) is 6.21. The predicted octanol–water partition coefficient (Wildman–Crippen LogP) is 2.95. The number of hydrogen-bond acceptors (Lipinski definition) is 3. The molecule has 0 amide bonds. The summed E-state index contributed by atoms with van der Waals surface area (Å²) in [5.74, 6) is 0.855. The standard InChI is InChI=1S/C13H19N3S/c1-4-9-5-6-10-11(7-9)16-12(15-10)17-8-13(2,3)14/h5-7H,4,8,14H2,1-3H3,(H,15,16). The molecule has 0 saturated carbocycles. The van der Waals surface area contributed by atoms with Crippen LogP contribution in [0.15, 0.2) is 23.4 Å². The molecule has 0 spiro atoms. The van der Waals surface area contributed by atoms with E-state index in [2.05, 4.69) is 35.1 Å². The van der Waals surface area contributed by atoms with Gasteiger partial charge in [-0.25, -0.2) is 4.98 Å². The van der Waals surface area contributed by atoms with E-state index in [1.807, 2.05) is 13.8 Å². The molecule has 1 aromatic carbocycles. The van der Waals surface area contributed by atoms with Gasteiger partial charge < -0.3 is 10.7 Å². The molecule has 1 heterocycles. The van der Waals surface area contributed by atoms with E-state index < -0.39 is 0 Å². The molecule has 4 heteroatoms. The van der Waals surface area contributed by atoms with Crippen LogP contribution in [-0.2, 0) is 6.42 Å². The van der Waals surface area contributed by atoms with E-state index in [9.17, 15) is 0 Å². The van der Waals surface area contributed by atoms with Crippen LogP contribution in [0.2, 0.25) is 0 Å². The normalized spacial score (nSPS) is 12.2. The smallest absolute Gasteiger partial charge is 0.166 e. The quantitative estimate of drug-likeness (QED) is 0.819. The van der Waals surface area contributed by atoms with Crippen molar-refractivity contribution in [1.82, 2.24) is 9.97 Å². The van der Waals surface area contributed by atoms with E-state index >= 15 is 0 Å². The van der Waals surface area contributed by atoms with E-state index in [4.69, 9.17) is 5.73 Å². The Balaban J connectivity index is 2.20. The van der Waals surface area contributed by atoms with Gasteiger partial charge in [0.25, 0.3) is 0 Å². The fourth-order valence-corrected chi connectivity index (χ4v) is 2.43. The fourth-order valence-electron chi connectivity index (χ4n) is 1.58. The van der Waals surface area contributed by atoms with Crippen molar-refractivity contribution in [2.75, 3.05) is 5.75 Å². The van der Waals surface area contributed by atoms with Gasteiger partial charge in [0.15, 0.2) is 5.16 Å². The summed E-state index contributed by atoms with van der Waals surface area (Å²) in [4.78, 5) is 7.88. The molecular formula is C13H19N3S. The molecule has 0 saturated heterocycles. The zero-order valence-corrected chi connectivity index (χ0v) is 11.4. The van der Waals surface area contributed by atoms with Crippen molar-refractivity contribution in [2.24, 2.45) is 5.73 Å². The van der Waals surface area contributed by atoms with E-state index in [1.54, 1.807) is 11.8 Å². The van der Waals surface area contributed by atoms with Gasteiger partial charge in [-0.3, -0.25) is 0 Å². The Bertz CT molecular complexity index is 511. The summed E-state index contributed by atoms with van der Waals surface area (Å²) in [7, 11) is 0.